The smallest absolute Gasteiger partial charge is 0.00448 e. The summed E-state index contributed by atoms with van der Waals surface area (Å²) < 4.78 is 0. The minimum absolute atomic E-state index is 0.384. The Morgan fingerprint density at radius 1 is 1.21 bits per heavy atom. The molecule has 0 unspecified atom stereocenters. The van der Waals surface area contributed by atoms with E-state index in [4.69, 9.17) is 0 Å². The van der Waals surface area contributed by atoms with Crippen LogP contribution in [0.2, 0.25) is 0 Å². The Labute approximate surface area is 121 Å². The molecule has 19 heavy (non-hydrogen) atoms. The van der Waals surface area contributed by atoms with Crippen LogP contribution in [0.3, 0.4) is 0 Å². The molecule has 0 atom stereocenters. The second-order valence-electron chi connectivity index (χ2n) is 8.13. The average molecular weight is 268 g/mol. The number of hydrogen-bond donors (Lipinski definition) is 1. The average Bonchev–Trinajstić information content (AvgIpc) is 2.31. The lowest BCUT2D eigenvalue weighted by Crippen LogP contribution is -2.46. The summed E-state index contributed by atoms with van der Waals surface area (Å²) in [5, 5.41) is 3.62. The van der Waals surface area contributed by atoms with Gasteiger partial charge in [0.25, 0.3) is 0 Å². The van der Waals surface area contributed by atoms with E-state index in [-0.39, 0.29) is 0 Å². The van der Waals surface area contributed by atoms with Gasteiger partial charge in [-0.1, -0.05) is 48.0 Å². The van der Waals surface area contributed by atoms with E-state index >= 15 is 0 Å². The van der Waals surface area contributed by atoms with Crippen LogP contribution in [0.1, 0.15) is 60.8 Å². The molecule has 0 bridgehead atoms. The Morgan fingerprint density at radius 3 is 2.26 bits per heavy atom. The predicted octanol–water partition coefficient (Wildman–Crippen LogP) is 3.77. The van der Waals surface area contributed by atoms with Gasteiger partial charge in [-0.15, -0.1) is 0 Å². The Hall–Kier alpha value is -0.0800. The molecule has 0 saturated carbocycles. The van der Waals surface area contributed by atoms with Crippen LogP contribution in [0.15, 0.2) is 0 Å². The van der Waals surface area contributed by atoms with Gasteiger partial charge in [-0.25, -0.2) is 0 Å². The Balaban J connectivity index is 2.30. The molecule has 1 saturated heterocycles. The number of likely N-dealkylation sites (tertiary alicyclic amines) is 1. The van der Waals surface area contributed by atoms with Crippen LogP contribution >= 0.6 is 0 Å². The molecular formula is C17H36N2. The summed E-state index contributed by atoms with van der Waals surface area (Å²) in [6.07, 6.45) is 4.08. The van der Waals surface area contributed by atoms with Crippen molar-refractivity contribution >= 4 is 0 Å². The summed E-state index contributed by atoms with van der Waals surface area (Å²) in [5.41, 5.74) is 0.991. The minimum atomic E-state index is 0.384. The maximum absolute atomic E-state index is 3.62. The lowest BCUT2D eigenvalue weighted by atomic mass is 9.77. The third-order valence-corrected chi connectivity index (χ3v) is 4.72. The van der Waals surface area contributed by atoms with Crippen molar-refractivity contribution in [2.75, 3.05) is 32.7 Å². The summed E-state index contributed by atoms with van der Waals surface area (Å²) >= 11 is 0. The first-order chi connectivity index (χ1) is 8.76. The lowest BCUT2D eigenvalue weighted by molar-refractivity contribution is 0.0822. The third-order valence-electron chi connectivity index (χ3n) is 4.72. The van der Waals surface area contributed by atoms with Crippen LogP contribution in [-0.4, -0.2) is 37.6 Å². The zero-order chi connectivity index (χ0) is 14.5. The van der Waals surface area contributed by atoms with Crippen molar-refractivity contribution in [3.63, 3.8) is 0 Å². The van der Waals surface area contributed by atoms with E-state index in [9.17, 15) is 0 Å². The zero-order valence-corrected chi connectivity index (χ0v) is 14.2. The van der Waals surface area contributed by atoms with Crippen molar-refractivity contribution in [3.8, 4) is 0 Å². The highest BCUT2D eigenvalue weighted by Crippen LogP contribution is 2.34. The van der Waals surface area contributed by atoms with E-state index in [0.717, 1.165) is 19.0 Å². The first kappa shape index (κ1) is 17.0. The maximum atomic E-state index is 3.62. The molecule has 2 heteroatoms. The molecule has 0 aromatic rings. The van der Waals surface area contributed by atoms with Gasteiger partial charge < -0.3 is 10.2 Å². The van der Waals surface area contributed by atoms with E-state index in [0.29, 0.717) is 10.8 Å². The SMILES string of the molecule is CCC1(C)CCN(CC(C)(C)CNCC(C)C)CC1. The number of rotatable bonds is 7. The fraction of sp³-hybridized carbons (Fsp3) is 1.00. The second kappa shape index (κ2) is 7.08. The molecule has 1 N–H and O–H groups in total. The molecule has 0 amide bonds. The molecule has 1 aliphatic heterocycles. The first-order valence-corrected chi connectivity index (χ1v) is 8.19. The molecule has 1 rings (SSSR count). The Morgan fingerprint density at radius 2 is 1.79 bits per heavy atom. The molecular weight excluding hydrogens is 232 g/mol. The van der Waals surface area contributed by atoms with Gasteiger partial charge in [-0.3, -0.25) is 0 Å². The van der Waals surface area contributed by atoms with Crippen molar-refractivity contribution in [2.24, 2.45) is 16.7 Å². The highest BCUT2D eigenvalue weighted by molar-refractivity contribution is 4.84. The van der Waals surface area contributed by atoms with E-state index in [2.05, 4.69) is 51.8 Å². The van der Waals surface area contributed by atoms with E-state index < -0.39 is 0 Å². The molecule has 0 aromatic carbocycles. The van der Waals surface area contributed by atoms with Gasteiger partial charge in [0.05, 0.1) is 0 Å². The molecule has 1 fully saturated rings. The first-order valence-electron chi connectivity index (χ1n) is 8.19. The van der Waals surface area contributed by atoms with Crippen LogP contribution in [0, 0.1) is 16.7 Å². The van der Waals surface area contributed by atoms with Gasteiger partial charge in [-0.2, -0.15) is 0 Å². The number of hydrogen-bond acceptors (Lipinski definition) is 2. The highest BCUT2D eigenvalue weighted by atomic mass is 15.1. The second-order valence-corrected chi connectivity index (χ2v) is 8.13. The normalized spacial score (nSPS) is 21.0. The Kier molecular flexibility index (Phi) is 6.32. The van der Waals surface area contributed by atoms with Crippen LogP contribution in [0.5, 0.6) is 0 Å². The van der Waals surface area contributed by atoms with Gasteiger partial charge in [-0.05, 0) is 49.2 Å². The third kappa shape index (κ3) is 6.27. The number of piperidine rings is 1. The van der Waals surface area contributed by atoms with Crippen molar-refractivity contribution in [1.82, 2.24) is 10.2 Å². The molecule has 2 nitrogen and oxygen atoms in total. The Bertz CT molecular complexity index is 250. The van der Waals surface area contributed by atoms with Gasteiger partial charge in [0, 0.05) is 13.1 Å². The minimum Gasteiger partial charge on any atom is -0.316 e. The zero-order valence-electron chi connectivity index (χ0n) is 14.2. The largest absolute Gasteiger partial charge is 0.316 e. The van der Waals surface area contributed by atoms with Gasteiger partial charge in [0.15, 0.2) is 0 Å². The standard InChI is InChI=1S/C17H36N2/c1-7-17(6)8-10-19(11-9-17)14-16(4,5)13-18-12-15(2)3/h15,18H,7-14H2,1-6H3. The van der Waals surface area contributed by atoms with Crippen LogP contribution < -0.4 is 5.32 Å². The molecule has 0 aromatic heterocycles. The van der Waals surface area contributed by atoms with Crippen LogP contribution in [-0.2, 0) is 0 Å². The number of nitrogens with zero attached hydrogens (tertiary/aromatic N) is 1. The molecule has 0 spiro atoms. The molecule has 0 aliphatic carbocycles. The summed E-state index contributed by atoms with van der Waals surface area (Å²) in [7, 11) is 0. The summed E-state index contributed by atoms with van der Waals surface area (Å²) in [6.45, 7) is 20.2. The van der Waals surface area contributed by atoms with Crippen molar-refractivity contribution in [2.45, 2.75) is 60.8 Å². The summed E-state index contributed by atoms with van der Waals surface area (Å²) in [4.78, 5) is 2.68. The van der Waals surface area contributed by atoms with Gasteiger partial charge in [0.1, 0.15) is 0 Å². The quantitative estimate of drug-likeness (QED) is 0.756. The highest BCUT2D eigenvalue weighted by Gasteiger charge is 2.30. The van der Waals surface area contributed by atoms with Crippen molar-refractivity contribution in [3.05, 3.63) is 0 Å². The van der Waals surface area contributed by atoms with E-state index in [1.165, 1.54) is 38.9 Å². The molecule has 1 heterocycles. The van der Waals surface area contributed by atoms with Crippen LogP contribution in [0.4, 0.5) is 0 Å². The fourth-order valence-electron chi connectivity index (χ4n) is 2.96. The van der Waals surface area contributed by atoms with E-state index in [1.807, 2.05) is 0 Å². The van der Waals surface area contributed by atoms with Crippen molar-refractivity contribution < 1.29 is 0 Å². The number of nitrogens with one attached hydrogen (secondary N) is 1. The van der Waals surface area contributed by atoms with Gasteiger partial charge in [0.2, 0.25) is 0 Å². The fourth-order valence-corrected chi connectivity index (χ4v) is 2.96. The lowest BCUT2D eigenvalue weighted by Gasteiger charge is -2.42. The topological polar surface area (TPSA) is 15.3 Å². The maximum Gasteiger partial charge on any atom is 0.00448 e. The van der Waals surface area contributed by atoms with Gasteiger partial charge >= 0.3 is 0 Å². The molecule has 1 aliphatic rings. The monoisotopic (exact) mass is 268 g/mol. The summed E-state index contributed by atoms with van der Waals surface area (Å²) in [6, 6.07) is 0. The molecule has 114 valence electrons. The predicted molar refractivity (Wildman–Crippen MR) is 85.6 cm³/mol. The van der Waals surface area contributed by atoms with Crippen LogP contribution in [0.25, 0.3) is 0 Å². The summed E-state index contributed by atoms with van der Waals surface area (Å²) in [5.74, 6) is 0.746. The van der Waals surface area contributed by atoms with E-state index in [1.54, 1.807) is 0 Å². The van der Waals surface area contributed by atoms with Crippen molar-refractivity contribution in [1.29, 1.82) is 0 Å². The molecule has 0 radical (unpaired) electrons.